The lowest BCUT2D eigenvalue weighted by molar-refractivity contribution is 0.328. The van der Waals surface area contributed by atoms with E-state index in [0.29, 0.717) is 0 Å². The third-order valence-corrected chi connectivity index (χ3v) is 4.12. The number of hydrogen-bond donors (Lipinski definition) is 1. The van der Waals surface area contributed by atoms with Gasteiger partial charge in [0, 0.05) is 18.8 Å². The Morgan fingerprint density at radius 2 is 1.70 bits per heavy atom. The molecule has 0 saturated heterocycles. The van der Waals surface area contributed by atoms with Crippen LogP contribution in [0.5, 0.6) is 0 Å². The van der Waals surface area contributed by atoms with Crippen molar-refractivity contribution in [1.29, 1.82) is 0 Å². The van der Waals surface area contributed by atoms with Gasteiger partial charge in [0.25, 0.3) is 0 Å². The molecule has 0 spiro atoms. The number of rotatable bonds is 5. The van der Waals surface area contributed by atoms with Crippen LogP contribution >= 0.6 is 0 Å². The van der Waals surface area contributed by atoms with E-state index in [1.165, 1.54) is 16.7 Å². The van der Waals surface area contributed by atoms with Gasteiger partial charge < -0.3 is 9.67 Å². The van der Waals surface area contributed by atoms with Gasteiger partial charge in [0.1, 0.15) is 5.76 Å². The lowest BCUT2D eigenvalue weighted by atomic mass is 10.0. The molecule has 0 amide bonds. The van der Waals surface area contributed by atoms with Gasteiger partial charge in [0.15, 0.2) is 0 Å². The van der Waals surface area contributed by atoms with Crippen molar-refractivity contribution in [3.05, 3.63) is 96.5 Å². The highest BCUT2D eigenvalue weighted by Gasteiger charge is 2.15. The Kier molecular flexibility index (Phi) is 4.33. The Bertz CT molecular complexity index is 784. The predicted molar refractivity (Wildman–Crippen MR) is 95.6 cm³/mol. The zero-order valence-electron chi connectivity index (χ0n) is 13.3. The van der Waals surface area contributed by atoms with Gasteiger partial charge in [-0.2, -0.15) is 0 Å². The average molecular weight is 303 g/mol. The van der Waals surface area contributed by atoms with Gasteiger partial charge in [0.05, 0.1) is 6.04 Å². The van der Waals surface area contributed by atoms with E-state index in [0.717, 1.165) is 12.0 Å². The molecule has 0 aliphatic carbocycles. The van der Waals surface area contributed by atoms with Crippen LogP contribution in [0.2, 0.25) is 0 Å². The van der Waals surface area contributed by atoms with E-state index in [2.05, 4.69) is 62.2 Å². The topological polar surface area (TPSA) is 25.2 Å². The average Bonchev–Trinajstić information content (AvgIpc) is 3.04. The van der Waals surface area contributed by atoms with E-state index in [1.54, 1.807) is 0 Å². The van der Waals surface area contributed by atoms with Crippen LogP contribution < -0.4 is 0 Å². The van der Waals surface area contributed by atoms with Crippen LogP contribution in [0.4, 0.5) is 0 Å². The number of benzene rings is 2. The van der Waals surface area contributed by atoms with Gasteiger partial charge >= 0.3 is 0 Å². The molecule has 0 fully saturated rings. The summed E-state index contributed by atoms with van der Waals surface area (Å²) in [6.07, 6.45) is 4.79. The van der Waals surface area contributed by atoms with E-state index >= 15 is 0 Å². The second-order valence-electron chi connectivity index (χ2n) is 5.91. The van der Waals surface area contributed by atoms with Crippen molar-refractivity contribution in [3.63, 3.8) is 0 Å². The van der Waals surface area contributed by atoms with Crippen molar-refractivity contribution >= 4 is 0 Å². The molecule has 2 nitrogen and oxygen atoms in total. The van der Waals surface area contributed by atoms with Crippen LogP contribution in [-0.4, -0.2) is 9.67 Å². The molecule has 0 aliphatic rings. The molecule has 0 bridgehead atoms. The number of aromatic nitrogens is 1. The third kappa shape index (κ3) is 3.54. The summed E-state index contributed by atoms with van der Waals surface area (Å²) < 4.78 is 2.03. The zero-order valence-corrected chi connectivity index (χ0v) is 13.3. The summed E-state index contributed by atoms with van der Waals surface area (Å²) in [5, 5.41) is 10.0. The van der Waals surface area contributed by atoms with E-state index in [9.17, 15) is 5.11 Å². The molecule has 3 aromatic rings. The number of nitrogens with zero attached hydrogens (tertiary/aromatic N) is 1. The summed E-state index contributed by atoms with van der Waals surface area (Å²) in [5.41, 5.74) is 4.73. The highest BCUT2D eigenvalue weighted by Crippen LogP contribution is 2.25. The standard InChI is InChI=1S/C21H21NO/c1-16-8-10-18(11-9-16)14-21(17(2)23)22-13-12-20(15-22)19-6-4-3-5-7-19/h3-13,15,21,23H,2,14H2,1H3. The highest BCUT2D eigenvalue weighted by molar-refractivity contribution is 5.62. The predicted octanol–water partition coefficient (Wildman–Crippen LogP) is 5.32. The molecular formula is C21H21NO. The normalized spacial score (nSPS) is 12.0. The molecule has 23 heavy (non-hydrogen) atoms. The number of aryl methyl sites for hydroxylation is 1. The molecule has 1 aromatic heterocycles. The van der Waals surface area contributed by atoms with Crippen molar-refractivity contribution in [2.24, 2.45) is 0 Å². The molecule has 1 N–H and O–H groups in total. The molecule has 2 aromatic carbocycles. The van der Waals surface area contributed by atoms with Crippen LogP contribution in [0.15, 0.2) is 85.4 Å². The van der Waals surface area contributed by atoms with Crippen LogP contribution in [0, 0.1) is 6.92 Å². The van der Waals surface area contributed by atoms with Crippen molar-refractivity contribution in [2.45, 2.75) is 19.4 Å². The summed E-state index contributed by atoms with van der Waals surface area (Å²) in [6.45, 7) is 5.84. The first-order valence-corrected chi connectivity index (χ1v) is 7.79. The highest BCUT2D eigenvalue weighted by atomic mass is 16.3. The van der Waals surface area contributed by atoms with Crippen LogP contribution in [-0.2, 0) is 6.42 Å². The smallest absolute Gasteiger partial charge is 0.108 e. The summed E-state index contributed by atoms with van der Waals surface area (Å²) in [5.74, 6) is 0.181. The number of allylic oxidation sites excluding steroid dienone is 1. The summed E-state index contributed by atoms with van der Waals surface area (Å²) in [6, 6.07) is 20.6. The molecule has 1 unspecified atom stereocenters. The second kappa shape index (κ2) is 6.57. The fraction of sp³-hybridized carbons (Fsp3) is 0.143. The number of aliphatic hydroxyl groups excluding tert-OH is 1. The minimum absolute atomic E-state index is 0.157. The zero-order chi connectivity index (χ0) is 16.2. The van der Waals surface area contributed by atoms with E-state index in [-0.39, 0.29) is 11.8 Å². The largest absolute Gasteiger partial charge is 0.511 e. The minimum atomic E-state index is -0.157. The maximum atomic E-state index is 10.0. The first-order chi connectivity index (χ1) is 11.1. The van der Waals surface area contributed by atoms with Crippen LogP contribution in [0.1, 0.15) is 17.2 Å². The molecule has 116 valence electrons. The Morgan fingerprint density at radius 3 is 2.35 bits per heavy atom. The van der Waals surface area contributed by atoms with Crippen molar-refractivity contribution in [2.75, 3.05) is 0 Å². The SMILES string of the molecule is C=C(O)C(Cc1ccc(C)cc1)n1ccc(-c2ccccc2)c1. The molecule has 1 heterocycles. The van der Waals surface area contributed by atoms with E-state index < -0.39 is 0 Å². The maximum absolute atomic E-state index is 10.0. The van der Waals surface area contributed by atoms with Crippen molar-refractivity contribution in [3.8, 4) is 11.1 Å². The van der Waals surface area contributed by atoms with E-state index in [1.807, 2.05) is 29.0 Å². The Morgan fingerprint density at radius 1 is 1.00 bits per heavy atom. The summed E-state index contributed by atoms with van der Waals surface area (Å²) in [7, 11) is 0. The molecule has 2 heteroatoms. The van der Waals surface area contributed by atoms with Crippen LogP contribution in [0.3, 0.4) is 0 Å². The number of aliphatic hydroxyl groups is 1. The van der Waals surface area contributed by atoms with Gasteiger partial charge in [-0.3, -0.25) is 0 Å². The fourth-order valence-electron chi connectivity index (χ4n) is 2.75. The van der Waals surface area contributed by atoms with Crippen molar-refractivity contribution < 1.29 is 5.11 Å². The molecular weight excluding hydrogens is 282 g/mol. The third-order valence-electron chi connectivity index (χ3n) is 4.12. The van der Waals surface area contributed by atoms with Gasteiger partial charge in [0.2, 0.25) is 0 Å². The van der Waals surface area contributed by atoms with Gasteiger partial charge in [-0.05, 0) is 29.7 Å². The molecule has 0 aliphatic heterocycles. The molecule has 0 saturated carbocycles. The molecule has 0 radical (unpaired) electrons. The lowest BCUT2D eigenvalue weighted by Crippen LogP contribution is -2.12. The van der Waals surface area contributed by atoms with Gasteiger partial charge in [-0.15, -0.1) is 0 Å². The molecule has 3 rings (SSSR count). The quantitative estimate of drug-likeness (QED) is 0.634. The number of hydrogen-bond acceptors (Lipinski definition) is 1. The van der Waals surface area contributed by atoms with E-state index in [4.69, 9.17) is 0 Å². The fourth-order valence-corrected chi connectivity index (χ4v) is 2.75. The Hall–Kier alpha value is -2.74. The van der Waals surface area contributed by atoms with Crippen LogP contribution in [0.25, 0.3) is 11.1 Å². The Labute approximate surface area is 137 Å². The Balaban J connectivity index is 1.86. The molecule has 1 atom stereocenters. The second-order valence-corrected chi connectivity index (χ2v) is 5.91. The van der Waals surface area contributed by atoms with Gasteiger partial charge in [-0.1, -0.05) is 66.7 Å². The van der Waals surface area contributed by atoms with Gasteiger partial charge in [-0.25, -0.2) is 0 Å². The first-order valence-electron chi connectivity index (χ1n) is 7.79. The maximum Gasteiger partial charge on any atom is 0.108 e. The first kappa shape index (κ1) is 15.2. The van der Waals surface area contributed by atoms with Crippen molar-refractivity contribution in [1.82, 2.24) is 4.57 Å². The minimum Gasteiger partial charge on any atom is -0.511 e. The lowest BCUT2D eigenvalue weighted by Gasteiger charge is -2.18. The monoisotopic (exact) mass is 303 g/mol. The summed E-state index contributed by atoms with van der Waals surface area (Å²) in [4.78, 5) is 0. The summed E-state index contributed by atoms with van der Waals surface area (Å²) >= 11 is 0.